The predicted octanol–water partition coefficient (Wildman–Crippen LogP) is 1.27. The summed E-state index contributed by atoms with van der Waals surface area (Å²) in [5.41, 5.74) is 7.11. The zero-order valence-corrected chi connectivity index (χ0v) is 18.5. The van der Waals surface area contributed by atoms with Crippen LogP contribution in [0.1, 0.15) is 44.2 Å². The Balaban J connectivity index is 0.00000103. The molecule has 1 aliphatic heterocycles. The summed E-state index contributed by atoms with van der Waals surface area (Å²) in [6.07, 6.45) is 2.46. The van der Waals surface area contributed by atoms with E-state index in [0.29, 0.717) is 51.0 Å². The number of nitrogens with zero attached hydrogens (tertiary/aromatic N) is 2. The van der Waals surface area contributed by atoms with Crippen LogP contribution in [0.15, 0.2) is 24.3 Å². The number of carboxylic acid groups (broad SMARTS) is 1. The molecule has 10 heteroatoms. The third-order valence-electron chi connectivity index (χ3n) is 4.61. The van der Waals surface area contributed by atoms with Gasteiger partial charge in [0, 0.05) is 45.1 Å². The van der Waals surface area contributed by atoms with Gasteiger partial charge in [-0.3, -0.25) is 15.0 Å². The molecule has 1 amide bonds. The molecule has 1 saturated heterocycles. The first-order chi connectivity index (χ1) is 14.1. The number of piperazine rings is 1. The van der Waals surface area contributed by atoms with Gasteiger partial charge in [-0.05, 0) is 24.5 Å². The molecule has 0 saturated carbocycles. The number of nitrogens with one attached hydrogen (secondary N) is 1. The minimum absolute atomic E-state index is 0.0126. The van der Waals surface area contributed by atoms with E-state index in [2.05, 4.69) is 0 Å². The molecule has 1 heterocycles. The standard InChI is InChI=1S/C18H28N4O3S.C2H4O2/c1-2-3-13-26(24,25)22-11-9-21(10-12-22)17(23)8-7-15-5-4-6-16(14-15)18(19)20;1-2(3)4/h4-6,14H,2-3,7-13H2,1H3,(H3,19,20);1H3,(H,3,4). The van der Waals surface area contributed by atoms with Gasteiger partial charge in [0.25, 0.3) is 5.97 Å². The molecule has 0 spiro atoms. The number of rotatable bonds is 8. The molecule has 1 fully saturated rings. The lowest BCUT2D eigenvalue weighted by atomic mass is 10.1. The van der Waals surface area contributed by atoms with E-state index in [1.54, 1.807) is 11.0 Å². The van der Waals surface area contributed by atoms with E-state index in [1.165, 1.54) is 4.31 Å². The summed E-state index contributed by atoms with van der Waals surface area (Å²) < 4.78 is 25.9. The molecule has 2 rings (SSSR count). The fraction of sp³-hybridized carbons (Fsp3) is 0.550. The largest absolute Gasteiger partial charge is 0.481 e. The minimum Gasteiger partial charge on any atom is -0.481 e. The van der Waals surface area contributed by atoms with Gasteiger partial charge in [-0.1, -0.05) is 31.5 Å². The first-order valence-electron chi connectivity index (χ1n) is 9.95. The van der Waals surface area contributed by atoms with Crippen LogP contribution >= 0.6 is 0 Å². The summed E-state index contributed by atoms with van der Waals surface area (Å²) in [4.78, 5) is 23.1. The van der Waals surface area contributed by atoms with Crippen LogP contribution in [-0.4, -0.2) is 72.4 Å². The number of carboxylic acids is 1. The molecule has 30 heavy (non-hydrogen) atoms. The van der Waals surface area contributed by atoms with E-state index >= 15 is 0 Å². The first kappa shape index (κ1) is 25.6. The van der Waals surface area contributed by atoms with Crippen LogP contribution in [0.2, 0.25) is 0 Å². The predicted molar refractivity (Wildman–Crippen MR) is 116 cm³/mol. The molecular weight excluding hydrogens is 408 g/mol. The fourth-order valence-corrected chi connectivity index (χ4v) is 4.61. The summed E-state index contributed by atoms with van der Waals surface area (Å²) in [7, 11) is -3.20. The van der Waals surface area contributed by atoms with Crippen LogP contribution < -0.4 is 5.73 Å². The van der Waals surface area contributed by atoms with Crippen LogP contribution in [0.4, 0.5) is 0 Å². The third kappa shape index (κ3) is 8.91. The highest BCUT2D eigenvalue weighted by atomic mass is 32.2. The Kier molecular flexibility index (Phi) is 10.5. The lowest BCUT2D eigenvalue weighted by molar-refractivity contribution is -0.134. The van der Waals surface area contributed by atoms with Gasteiger partial charge in [-0.2, -0.15) is 4.31 Å². The minimum atomic E-state index is -3.20. The summed E-state index contributed by atoms with van der Waals surface area (Å²) in [6.45, 7) is 4.68. The van der Waals surface area contributed by atoms with E-state index in [-0.39, 0.29) is 17.5 Å². The Morgan fingerprint density at radius 2 is 1.80 bits per heavy atom. The van der Waals surface area contributed by atoms with Crippen LogP contribution in [0, 0.1) is 5.41 Å². The summed E-state index contributed by atoms with van der Waals surface area (Å²) in [5.74, 6) is -0.605. The number of sulfonamides is 1. The van der Waals surface area contributed by atoms with Gasteiger partial charge in [0.15, 0.2) is 0 Å². The quantitative estimate of drug-likeness (QED) is 0.410. The second-order valence-corrected chi connectivity index (χ2v) is 9.17. The monoisotopic (exact) mass is 440 g/mol. The van der Waals surface area contributed by atoms with Crippen LogP contribution in [0.5, 0.6) is 0 Å². The van der Waals surface area contributed by atoms with Crippen molar-refractivity contribution >= 4 is 27.7 Å². The Labute approximate surface area is 178 Å². The molecule has 0 aromatic heterocycles. The summed E-state index contributed by atoms with van der Waals surface area (Å²) in [6, 6.07) is 7.34. The molecule has 0 atom stereocenters. The summed E-state index contributed by atoms with van der Waals surface area (Å²) in [5, 5.41) is 14.9. The highest BCUT2D eigenvalue weighted by Gasteiger charge is 2.28. The molecule has 0 bridgehead atoms. The van der Waals surface area contributed by atoms with Gasteiger partial charge in [-0.25, -0.2) is 8.42 Å². The molecule has 168 valence electrons. The van der Waals surface area contributed by atoms with E-state index in [9.17, 15) is 13.2 Å². The molecular formula is C20H32N4O5S. The number of carbonyl (C=O) groups excluding carboxylic acids is 1. The van der Waals surface area contributed by atoms with E-state index in [4.69, 9.17) is 21.0 Å². The number of unbranched alkanes of at least 4 members (excludes halogenated alkanes) is 1. The number of aliphatic carboxylic acids is 1. The van der Waals surface area contributed by atoms with Gasteiger partial charge >= 0.3 is 0 Å². The second-order valence-electron chi connectivity index (χ2n) is 7.08. The van der Waals surface area contributed by atoms with Gasteiger partial charge in [0.2, 0.25) is 15.9 Å². The number of hydrogen-bond donors (Lipinski definition) is 3. The van der Waals surface area contributed by atoms with Crippen molar-refractivity contribution in [2.45, 2.75) is 39.5 Å². The van der Waals surface area contributed by atoms with Crippen molar-refractivity contribution in [2.75, 3.05) is 31.9 Å². The highest BCUT2D eigenvalue weighted by molar-refractivity contribution is 7.89. The molecule has 1 aliphatic rings. The zero-order chi connectivity index (χ0) is 22.7. The number of aryl methyl sites for hydroxylation is 1. The van der Waals surface area contributed by atoms with Gasteiger partial charge in [-0.15, -0.1) is 0 Å². The molecule has 1 aromatic carbocycles. The lowest BCUT2D eigenvalue weighted by Crippen LogP contribution is -2.51. The van der Waals surface area contributed by atoms with Crippen LogP contribution in [0.25, 0.3) is 0 Å². The zero-order valence-electron chi connectivity index (χ0n) is 17.6. The number of hydrogen-bond acceptors (Lipinski definition) is 5. The average molecular weight is 441 g/mol. The first-order valence-corrected chi connectivity index (χ1v) is 11.6. The van der Waals surface area contributed by atoms with Crippen molar-refractivity contribution < 1.29 is 23.1 Å². The Hall–Kier alpha value is -2.46. The molecule has 4 N–H and O–H groups in total. The Morgan fingerprint density at radius 3 is 2.33 bits per heavy atom. The van der Waals surface area contributed by atoms with E-state index in [0.717, 1.165) is 18.9 Å². The number of amidine groups is 1. The number of carbonyl (C=O) groups is 2. The fourth-order valence-electron chi connectivity index (χ4n) is 2.98. The van der Waals surface area contributed by atoms with Crippen molar-refractivity contribution in [1.82, 2.24) is 9.21 Å². The van der Waals surface area contributed by atoms with Crippen molar-refractivity contribution in [2.24, 2.45) is 5.73 Å². The van der Waals surface area contributed by atoms with Gasteiger partial charge in [0.05, 0.1) is 5.75 Å². The maximum absolute atomic E-state index is 12.4. The van der Waals surface area contributed by atoms with Gasteiger partial charge in [0.1, 0.15) is 5.84 Å². The Bertz CT molecular complexity index is 829. The van der Waals surface area contributed by atoms with E-state index in [1.807, 2.05) is 25.1 Å². The number of nitrogen functional groups attached to an aromatic ring is 1. The SMILES string of the molecule is CC(=O)O.CCCCS(=O)(=O)N1CCN(C(=O)CCc2cccc(C(=N)N)c2)CC1. The number of amides is 1. The van der Waals surface area contributed by atoms with Crippen molar-refractivity contribution in [3.8, 4) is 0 Å². The Morgan fingerprint density at radius 1 is 1.20 bits per heavy atom. The molecule has 1 aromatic rings. The maximum Gasteiger partial charge on any atom is 0.300 e. The second kappa shape index (κ2) is 12.3. The normalized spacial score (nSPS) is 14.5. The van der Waals surface area contributed by atoms with E-state index < -0.39 is 16.0 Å². The number of nitrogens with two attached hydrogens (primary N) is 1. The molecule has 0 aliphatic carbocycles. The topological polar surface area (TPSA) is 145 Å². The highest BCUT2D eigenvalue weighted by Crippen LogP contribution is 2.13. The van der Waals surface area contributed by atoms with Gasteiger partial charge < -0.3 is 15.7 Å². The van der Waals surface area contributed by atoms with Crippen molar-refractivity contribution in [3.63, 3.8) is 0 Å². The molecule has 0 radical (unpaired) electrons. The summed E-state index contributed by atoms with van der Waals surface area (Å²) >= 11 is 0. The molecule has 9 nitrogen and oxygen atoms in total. The number of benzene rings is 1. The average Bonchev–Trinajstić information content (AvgIpc) is 2.70. The van der Waals surface area contributed by atoms with Crippen LogP contribution in [-0.2, 0) is 26.0 Å². The molecule has 0 unspecified atom stereocenters. The van der Waals surface area contributed by atoms with Crippen LogP contribution in [0.3, 0.4) is 0 Å². The third-order valence-corrected chi connectivity index (χ3v) is 6.56. The smallest absolute Gasteiger partial charge is 0.300 e. The van der Waals surface area contributed by atoms with Crippen molar-refractivity contribution in [1.29, 1.82) is 5.41 Å². The lowest BCUT2D eigenvalue weighted by Gasteiger charge is -2.34. The van der Waals surface area contributed by atoms with Crippen molar-refractivity contribution in [3.05, 3.63) is 35.4 Å². The maximum atomic E-state index is 12.4.